The first kappa shape index (κ1) is 28.4. The van der Waals surface area contributed by atoms with Crippen molar-refractivity contribution in [1.29, 1.82) is 0 Å². The lowest BCUT2D eigenvalue weighted by Gasteiger charge is -2.49. The van der Waals surface area contributed by atoms with E-state index in [0.717, 1.165) is 0 Å². The second-order valence-corrected chi connectivity index (χ2v) is 9.79. The number of nitro benzene ring substituents is 1. The van der Waals surface area contributed by atoms with Crippen LogP contribution >= 0.6 is 11.8 Å². The number of ether oxygens (including phenoxy) is 3. The van der Waals surface area contributed by atoms with Crippen molar-refractivity contribution in [2.24, 2.45) is 0 Å². The highest BCUT2D eigenvalue weighted by atomic mass is 32.2. The van der Waals surface area contributed by atoms with Gasteiger partial charge in [-0.3, -0.25) is 24.6 Å². The van der Waals surface area contributed by atoms with Gasteiger partial charge in [-0.2, -0.15) is 0 Å². The third-order valence-electron chi connectivity index (χ3n) is 6.09. The van der Waals surface area contributed by atoms with E-state index in [4.69, 9.17) is 14.2 Å². The average molecular weight is 571 g/mol. The van der Waals surface area contributed by atoms with E-state index in [9.17, 15) is 29.3 Å². The Morgan fingerprint density at radius 2 is 1.68 bits per heavy atom. The van der Waals surface area contributed by atoms with E-state index in [-0.39, 0.29) is 48.4 Å². The Labute approximate surface area is 233 Å². The maximum absolute atomic E-state index is 13.2. The van der Waals surface area contributed by atoms with E-state index in [1.54, 1.807) is 31.2 Å². The number of benzene rings is 2. The minimum Gasteiger partial charge on any atom is -0.497 e. The molecule has 13 nitrogen and oxygen atoms in total. The topological polar surface area (TPSA) is 166 Å². The van der Waals surface area contributed by atoms with Crippen LogP contribution < -0.4 is 15.4 Å². The van der Waals surface area contributed by atoms with Crippen molar-refractivity contribution in [1.82, 2.24) is 15.5 Å². The summed E-state index contributed by atoms with van der Waals surface area (Å²) < 4.78 is 15.7. The first-order valence-corrected chi connectivity index (χ1v) is 13.2. The zero-order valence-electron chi connectivity index (χ0n) is 21.6. The molecule has 0 aliphatic carbocycles. The SMILES string of the molecule is CCC(=O)NC1=C(C(=O)OCc2ccc(OC)cc2)N2C(=O)C(NC(=O)OCc3ccc([N+](=O)[O-])cc3)[C@@H]2SC1. The number of nitro groups is 1. The zero-order valence-corrected chi connectivity index (χ0v) is 22.4. The number of non-ortho nitro benzene ring substituents is 1. The van der Waals surface area contributed by atoms with Crippen LogP contribution in [0.2, 0.25) is 0 Å². The van der Waals surface area contributed by atoms with Crippen molar-refractivity contribution in [2.45, 2.75) is 38.0 Å². The first-order valence-electron chi connectivity index (χ1n) is 12.2. The molecule has 14 heteroatoms. The molecule has 2 aromatic carbocycles. The molecule has 2 aliphatic heterocycles. The lowest BCUT2D eigenvalue weighted by molar-refractivity contribution is -0.384. The summed E-state index contributed by atoms with van der Waals surface area (Å²) in [5.74, 6) is -0.843. The standard InChI is InChI=1S/C26H26N4O9S/c1-3-20(31)27-19-14-40-24-21(28-26(34)39-13-15-4-8-17(9-5-15)30(35)36)23(32)29(24)22(19)25(33)38-12-16-6-10-18(37-2)11-7-16/h4-11,21,24H,3,12-14H2,1-2H3,(H,27,31)(H,28,34)/t21?,24-/m0/s1. The molecule has 2 aromatic rings. The molecule has 1 unspecified atom stereocenters. The van der Waals surface area contributed by atoms with Crippen LogP contribution in [-0.2, 0) is 37.1 Å². The lowest BCUT2D eigenvalue weighted by Crippen LogP contribution is -2.71. The predicted octanol–water partition coefficient (Wildman–Crippen LogP) is 2.59. The normalized spacial score (nSPS) is 17.8. The molecule has 0 bridgehead atoms. The van der Waals surface area contributed by atoms with Crippen molar-refractivity contribution in [3.63, 3.8) is 0 Å². The summed E-state index contributed by atoms with van der Waals surface area (Å²) in [4.78, 5) is 62.2. The fourth-order valence-electron chi connectivity index (χ4n) is 3.93. The Balaban J connectivity index is 1.41. The van der Waals surface area contributed by atoms with Crippen LogP contribution in [0.15, 0.2) is 59.9 Å². The minimum absolute atomic E-state index is 0.0716. The van der Waals surface area contributed by atoms with Crippen molar-refractivity contribution < 1.29 is 38.3 Å². The van der Waals surface area contributed by atoms with E-state index in [2.05, 4.69) is 10.6 Å². The number of carbonyl (C=O) groups is 4. The van der Waals surface area contributed by atoms with Crippen LogP contribution in [0.25, 0.3) is 0 Å². The molecule has 1 saturated heterocycles. The van der Waals surface area contributed by atoms with Crippen LogP contribution in [0.1, 0.15) is 24.5 Å². The Kier molecular flexibility index (Phi) is 8.89. The molecule has 2 aliphatic rings. The maximum atomic E-state index is 13.2. The number of alkyl carbamates (subject to hydrolysis) is 1. The van der Waals surface area contributed by atoms with Gasteiger partial charge in [0.05, 0.1) is 17.7 Å². The number of nitrogens with one attached hydrogen (secondary N) is 2. The predicted molar refractivity (Wildman–Crippen MR) is 142 cm³/mol. The van der Waals surface area contributed by atoms with E-state index in [1.807, 2.05) is 0 Å². The largest absolute Gasteiger partial charge is 0.497 e. The summed E-state index contributed by atoms with van der Waals surface area (Å²) in [6.07, 6.45) is -0.695. The van der Waals surface area contributed by atoms with E-state index in [0.29, 0.717) is 16.9 Å². The maximum Gasteiger partial charge on any atom is 0.408 e. The molecule has 4 rings (SSSR count). The quantitative estimate of drug-likeness (QED) is 0.188. The number of methoxy groups -OCH3 is 1. The van der Waals surface area contributed by atoms with Crippen LogP contribution in [-0.4, -0.2) is 58.0 Å². The van der Waals surface area contributed by atoms with Gasteiger partial charge < -0.3 is 24.8 Å². The van der Waals surface area contributed by atoms with Crippen molar-refractivity contribution in [3.8, 4) is 5.75 Å². The van der Waals surface area contributed by atoms with Crippen LogP contribution in [0.3, 0.4) is 0 Å². The molecule has 0 aromatic heterocycles. The van der Waals surface area contributed by atoms with Gasteiger partial charge in [0, 0.05) is 24.3 Å². The molecule has 0 radical (unpaired) electrons. The molecule has 2 atom stereocenters. The molecule has 1 fully saturated rings. The van der Waals surface area contributed by atoms with E-state index >= 15 is 0 Å². The molecule has 3 amide bonds. The number of nitrogens with zero attached hydrogens (tertiary/aromatic N) is 2. The highest BCUT2D eigenvalue weighted by molar-refractivity contribution is 8.00. The summed E-state index contributed by atoms with van der Waals surface area (Å²) in [6.45, 7) is 1.42. The van der Waals surface area contributed by atoms with Gasteiger partial charge >= 0.3 is 12.1 Å². The highest BCUT2D eigenvalue weighted by Crippen LogP contribution is 2.40. The molecule has 0 spiro atoms. The van der Waals surface area contributed by atoms with Gasteiger partial charge in [0.15, 0.2) is 5.70 Å². The molecule has 210 valence electrons. The Morgan fingerprint density at radius 1 is 1.05 bits per heavy atom. The van der Waals surface area contributed by atoms with Gasteiger partial charge in [0.25, 0.3) is 11.6 Å². The second kappa shape index (κ2) is 12.5. The summed E-state index contributed by atoms with van der Waals surface area (Å²) in [7, 11) is 1.54. The number of carbonyl (C=O) groups excluding carboxylic acids is 4. The average Bonchev–Trinajstić information content (AvgIpc) is 2.97. The number of hydrogen-bond donors (Lipinski definition) is 2. The summed E-state index contributed by atoms with van der Waals surface area (Å²) in [5.41, 5.74) is 1.29. The van der Waals surface area contributed by atoms with Crippen LogP contribution in [0.5, 0.6) is 5.75 Å². The Bertz CT molecular complexity index is 1340. The molecule has 2 heterocycles. The van der Waals surface area contributed by atoms with E-state index < -0.39 is 34.3 Å². The van der Waals surface area contributed by atoms with Crippen LogP contribution in [0, 0.1) is 10.1 Å². The summed E-state index contributed by atoms with van der Waals surface area (Å²) in [6, 6.07) is 11.4. The summed E-state index contributed by atoms with van der Waals surface area (Å²) in [5, 5.41) is 15.3. The Morgan fingerprint density at radius 3 is 2.27 bits per heavy atom. The van der Waals surface area contributed by atoms with Gasteiger partial charge in [-0.15, -0.1) is 11.8 Å². The number of rotatable bonds is 10. The number of β-lactam (4-membered cyclic amide) rings is 1. The Hall–Kier alpha value is -4.59. The van der Waals surface area contributed by atoms with Gasteiger partial charge in [0.1, 0.15) is 30.4 Å². The fourth-order valence-corrected chi connectivity index (χ4v) is 5.21. The third kappa shape index (κ3) is 6.34. The third-order valence-corrected chi connectivity index (χ3v) is 7.37. The van der Waals surface area contributed by atoms with Gasteiger partial charge in [0.2, 0.25) is 5.91 Å². The smallest absolute Gasteiger partial charge is 0.408 e. The van der Waals surface area contributed by atoms with Gasteiger partial charge in [-0.05, 0) is 35.4 Å². The number of fused-ring (bicyclic) bond motifs is 1. The fraction of sp³-hybridized carbons (Fsp3) is 0.308. The molecular formula is C26H26N4O9S. The summed E-state index contributed by atoms with van der Waals surface area (Å²) >= 11 is 1.26. The first-order chi connectivity index (χ1) is 19.2. The molecule has 40 heavy (non-hydrogen) atoms. The number of amides is 3. The second-order valence-electron chi connectivity index (χ2n) is 8.68. The molecule has 0 saturated carbocycles. The van der Waals surface area contributed by atoms with Crippen molar-refractivity contribution in [2.75, 3.05) is 12.9 Å². The van der Waals surface area contributed by atoms with E-state index in [1.165, 1.54) is 48.0 Å². The van der Waals surface area contributed by atoms with Gasteiger partial charge in [-0.25, -0.2) is 9.59 Å². The molecular weight excluding hydrogens is 544 g/mol. The number of esters is 1. The number of thioether (sulfide) groups is 1. The van der Waals surface area contributed by atoms with Crippen molar-refractivity contribution in [3.05, 3.63) is 81.2 Å². The monoisotopic (exact) mass is 570 g/mol. The minimum atomic E-state index is -0.970. The van der Waals surface area contributed by atoms with Crippen LogP contribution in [0.4, 0.5) is 10.5 Å². The van der Waals surface area contributed by atoms with Gasteiger partial charge in [-0.1, -0.05) is 19.1 Å². The lowest BCUT2D eigenvalue weighted by atomic mass is 10.0. The highest BCUT2D eigenvalue weighted by Gasteiger charge is 2.55. The molecule has 2 N–H and O–H groups in total. The number of hydrogen-bond acceptors (Lipinski definition) is 10. The van der Waals surface area contributed by atoms with Crippen molar-refractivity contribution >= 4 is 41.3 Å². The zero-order chi connectivity index (χ0) is 28.8.